The zero-order valence-corrected chi connectivity index (χ0v) is 13.8. The van der Waals surface area contributed by atoms with Crippen LogP contribution in [0.5, 0.6) is 0 Å². The van der Waals surface area contributed by atoms with Gasteiger partial charge in [-0.25, -0.2) is 0 Å². The summed E-state index contributed by atoms with van der Waals surface area (Å²) in [4.78, 5) is 0. The third-order valence-electron chi connectivity index (χ3n) is 4.48. The fourth-order valence-electron chi connectivity index (χ4n) is 2.90. The molecule has 0 aliphatic heterocycles. The van der Waals surface area contributed by atoms with Crippen molar-refractivity contribution in [1.82, 2.24) is 24.9 Å². The van der Waals surface area contributed by atoms with Gasteiger partial charge in [0.1, 0.15) is 0 Å². The van der Waals surface area contributed by atoms with E-state index in [4.69, 9.17) is 0 Å². The minimum absolute atomic E-state index is 0.527. The van der Waals surface area contributed by atoms with E-state index in [0.717, 1.165) is 31.4 Å². The average molecular weight is 289 g/mol. The lowest BCUT2D eigenvalue weighted by Gasteiger charge is -2.16. The Kier molecular flexibility index (Phi) is 5.17. The summed E-state index contributed by atoms with van der Waals surface area (Å²) in [5.74, 6) is 0. The van der Waals surface area contributed by atoms with Crippen LogP contribution in [0.2, 0.25) is 0 Å². The van der Waals surface area contributed by atoms with Gasteiger partial charge in [0.2, 0.25) is 0 Å². The largest absolute Gasteiger partial charge is 0.317 e. The molecule has 0 amide bonds. The fraction of sp³-hybridized carbons (Fsp3) is 0.625. The van der Waals surface area contributed by atoms with E-state index in [1.165, 1.54) is 17.0 Å². The Morgan fingerprint density at radius 2 is 1.86 bits per heavy atom. The van der Waals surface area contributed by atoms with Crippen molar-refractivity contribution < 1.29 is 0 Å². The molecule has 2 heterocycles. The predicted molar refractivity (Wildman–Crippen MR) is 85.4 cm³/mol. The Balaban J connectivity index is 1.89. The Hall–Kier alpha value is -1.62. The summed E-state index contributed by atoms with van der Waals surface area (Å²) in [5, 5.41) is 12.2. The standard InChI is InChI=1S/C16H27N5/c1-12-16(13(2)20(4)19-12)9-7-14(17-3)6-8-15-10-11-18-21(15)5/h10-11,14,17H,6-9H2,1-5H3. The summed E-state index contributed by atoms with van der Waals surface area (Å²) >= 11 is 0. The van der Waals surface area contributed by atoms with Crippen LogP contribution < -0.4 is 5.32 Å². The molecule has 0 saturated carbocycles. The number of nitrogens with one attached hydrogen (secondary N) is 1. The van der Waals surface area contributed by atoms with Gasteiger partial charge in [-0.1, -0.05) is 0 Å². The first-order chi connectivity index (χ1) is 10.0. The summed E-state index contributed by atoms with van der Waals surface area (Å²) in [7, 11) is 6.08. The molecule has 0 aliphatic carbocycles. The van der Waals surface area contributed by atoms with Crippen LogP contribution in [-0.4, -0.2) is 32.7 Å². The molecule has 0 bridgehead atoms. The van der Waals surface area contributed by atoms with E-state index in [1.807, 2.05) is 29.7 Å². The van der Waals surface area contributed by atoms with Crippen molar-refractivity contribution in [2.45, 2.75) is 45.6 Å². The van der Waals surface area contributed by atoms with Crippen LogP contribution in [0.15, 0.2) is 12.3 Å². The number of hydrogen-bond acceptors (Lipinski definition) is 3. The fourth-order valence-corrected chi connectivity index (χ4v) is 2.90. The van der Waals surface area contributed by atoms with Gasteiger partial charge in [0.15, 0.2) is 0 Å². The molecule has 0 radical (unpaired) electrons. The highest BCUT2D eigenvalue weighted by Gasteiger charge is 2.13. The minimum atomic E-state index is 0.527. The van der Waals surface area contributed by atoms with E-state index in [9.17, 15) is 0 Å². The summed E-state index contributed by atoms with van der Waals surface area (Å²) in [6.07, 6.45) is 6.29. The molecule has 2 aromatic rings. The molecule has 2 aromatic heterocycles. The normalized spacial score (nSPS) is 12.8. The Labute approximate surface area is 127 Å². The number of aromatic nitrogens is 4. The van der Waals surface area contributed by atoms with E-state index >= 15 is 0 Å². The topological polar surface area (TPSA) is 47.7 Å². The summed E-state index contributed by atoms with van der Waals surface area (Å²) in [6, 6.07) is 2.63. The molecular formula is C16H27N5. The van der Waals surface area contributed by atoms with Crippen molar-refractivity contribution in [2.24, 2.45) is 14.1 Å². The van der Waals surface area contributed by atoms with Crippen LogP contribution in [-0.2, 0) is 26.9 Å². The van der Waals surface area contributed by atoms with Gasteiger partial charge in [0.05, 0.1) is 5.69 Å². The van der Waals surface area contributed by atoms with Gasteiger partial charge in [0, 0.05) is 37.7 Å². The smallest absolute Gasteiger partial charge is 0.0628 e. The van der Waals surface area contributed by atoms with Gasteiger partial charge in [-0.15, -0.1) is 0 Å². The molecule has 0 fully saturated rings. The van der Waals surface area contributed by atoms with Gasteiger partial charge >= 0.3 is 0 Å². The third-order valence-corrected chi connectivity index (χ3v) is 4.48. The van der Waals surface area contributed by atoms with Crippen molar-refractivity contribution >= 4 is 0 Å². The van der Waals surface area contributed by atoms with Crippen molar-refractivity contribution in [1.29, 1.82) is 0 Å². The van der Waals surface area contributed by atoms with Crippen LogP contribution in [0.25, 0.3) is 0 Å². The first-order valence-electron chi connectivity index (χ1n) is 7.66. The van der Waals surface area contributed by atoms with Crippen LogP contribution in [0.1, 0.15) is 35.5 Å². The van der Waals surface area contributed by atoms with Gasteiger partial charge < -0.3 is 5.32 Å². The first-order valence-corrected chi connectivity index (χ1v) is 7.66. The molecule has 1 unspecified atom stereocenters. The minimum Gasteiger partial charge on any atom is -0.317 e. The van der Waals surface area contributed by atoms with Crippen LogP contribution >= 0.6 is 0 Å². The van der Waals surface area contributed by atoms with Gasteiger partial charge in [-0.3, -0.25) is 9.36 Å². The molecule has 1 N–H and O–H groups in total. The van der Waals surface area contributed by atoms with Crippen molar-refractivity contribution in [3.8, 4) is 0 Å². The van der Waals surface area contributed by atoms with E-state index in [1.54, 1.807) is 0 Å². The highest BCUT2D eigenvalue weighted by Crippen LogP contribution is 2.16. The zero-order valence-electron chi connectivity index (χ0n) is 13.8. The monoisotopic (exact) mass is 289 g/mol. The summed E-state index contributed by atoms with van der Waals surface area (Å²) < 4.78 is 3.94. The molecular weight excluding hydrogens is 262 g/mol. The van der Waals surface area contributed by atoms with Gasteiger partial charge in [-0.2, -0.15) is 10.2 Å². The molecule has 21 heavy (non-hydrogen) atoms. The number of aryl methyl sites for hydroxylation is 4. The summed E-state index contributed by atoms with van der Waals surface area (Å²) in [5.41, 5.74) is 5.15. The summed E-state index contributed by atoms with van der Waals surface area (Å²) in [6.45, 7) is 4.26. The lowest BCUT2D eigenvalue weighted by molar-refractivity contribution is 0.481. The number of nitrogens with zero attached hydrogens (tertiary/aromatic N) is 4. The highest BCUT2D eigenvalue weighted by molar-refractivity contribution is 5.24. The second kappa shape index (κ2) is 6.89. The SMILES string of the molecule is CNC(CCc1c(C)nn(C)c1C)CCc1ccnn1C. The maximum absolute atomic E-state index is 4.50. The maximum atomic E-state index is 4.50. The van der Waals surface area contributed by atoms with Crippen molar-refractivity contribution in [3.63, 3.8) is 0 Å². The third kappa shape index (κ3) is 3.73. The average Bonchev–Trinajstić information content (AvgIpc) is 2.96. The van der Waals surface area contributed by atoms with Crippen LogP contribution in [0.3, 0.4) is 0 Å². The predicted octanol–water partition coefficient (Wildman–Crippen LogP) is 1.92. The lowest BCUT2D eigenvalue weighted by Crippen LogP contribution is -2.26. The second-order valence-corrected chi connectivity index (χ2v) is 5.78. The molecule has 5 heteroatoms. The Morgan fingerprint density at radius 1 is 1.14 bits per heavy atom. The molecule has 1 atom stereocenters. The molecule has 2 rings (SSSR count). The second-order valence-electron chi connectivity index (χ2n) is 5.78. The van der Waals surface area contributed by atoms with Crippen molar-refractivity contribution in [3.05, 3.63) is 34.9 Å². The molecule has 5 nitrogen and oxygen atoms in total. The molecule has 0 saturated heterocycles. The quantitative estimate of drug-likeness (QED) is 0.847. The molecule has 0 aliphatic rings. The van der Waals surface area contributed by atoms with Gasteiger partial charge in [0.25, 0.3) is 0 Å². The number of hydrogen-bond donors (Lipinski definition) is 1. The molecule has 116 valence electrons. The van der Waals surface area contributed by atoms with Crippen LogP contribution in [0.4, 0.5) is 0 Å². The van der Waals surface area contributed by atoms with E-state index in [-0.39, 0.29) is 0 Å². The highest BCUT2D eigenvalue weighted by atomic mass is 15.3. The maximum Gasteiger partial charge on any atom is 0.0628 e. The van der Waals surface area contributed by atoms with E-state index in [0.29, 0.717) is 6.04 Å². The first kappa shape index (κ1) is 15.8. The van der Waals surface area contributed by atoms with E-state index < -0.39 is 0 Å². The molecule has 0 spiro atoms. The van der Waals surface area contributed by atoms with Gasteiger partial charge in [-0.05, 0) is 58.2 Å². The lowest BCUT2D eigenvalue weighted by atomic mass is 10.00. The van der Waals surface area contributed by atoms with Crippen molar-refractivity contribution in [2.75, 3.05) is 7.05 Å². The zero-order chi connectivity index (χ0) is 15.4. The Morgan fingerprint density at radius 3 is 2.38 bits per heavy atom. The number of rotatable bonds is 7. The van der Waals surface area contributed by atoms with Crippen LogP contribution in [0, 0.1) is 13.8 Å². The molecule has 0 aromatic carbocycles. The van der Waals surface area contributed by atoms with E-state index in [2.05, 4.69) is 42.5 Å². The Bertz CT molecular complexity index is 582.